The molecule has 1 amide bonds. The largest absolute Gasteiger partial charge is 0.411 e. The van der Waals surface area contributed by atoms with Gasteiger partial charge < -0.3 is 10.5 Å². The van der Waals surface area contributed by atoms with Crippen molar-refractivity contribution in [1.29, 1.82) is 0 Å². The van der Waals surface area contributed by atoms with Gasteiger partial charge in [-0.3, -0.25) is 9.69 Å². The molecule has 1 aliphatic carbocycles. The molecule has 0 radical (unpaired) electrons. The van der Waals surface area contributed by atoms with Crippen molar-refractivity contribution in [3.05, 3.63) is 71.5 Å². The normalized spacial score (nSPS) is 23.3. The number of hydrogen-bond acceptors (Lipinski definition) is 4. The summed E-state index contributed by atoms with van der Waals surface area (Å²) in [7, 11) is 0. The number of benzene rings is 2. The van der Waals surface area contributed by atoms with Crippen molar-refractivity contribution in [3.63, 3.8) is 0 Å². The molecule has 2 aromatic carbocycles. The molecular weight excluding hydrogens is 429 g/mol. The zero-order valence-electron chi connectivity index (χ0n) is 19.8. The molecule has 2 aliphatic rings. The van der Waals surface area contributed by atoms with Gasteiger partial charge in [-0.1, -0.05) is 60.5 Å². The first-order valence-electron chi connectivity index (χ1n) is 12.7. The van der Waals surface area contributed by atoms with E-state index in [-0.39, 0.29) is 17.8 Å². The van der Waals surface area contributed by atoms with Crippen molar-refractivity contribution in [3.8, 4) is 0 Å². The van der Waals surface area contributed by atoms with Crippen LogP contribution in [0.15, 0.2) is 59.8 Å². The number of oxime groups is 1. The minimum Gasteiger partial charge on any atom is -0.411 e. The van der Waals surface area contributed by atoms with Crippen molar-refractivity contribution in [2.75, 3.05) is 13.1 Å². The summed E-state index contributed by atoms with van der Waals surface area (Å²) in [5.41, 5.74) is 2.56. The first-order valence-corrected chi connectivity index (χ1v) is 12.7. The van der Waals surface area contributed by atoms with Crippen LogP contribution in [0.2, 0.25) is 0 Å². The average Bonchev–Trinajstić information content (AvgIpc) is 2.88. The number of fused-ring (bicyclic) bond motifs is 1. The molecular formula is C28H36FN3O2. The summed E-state index contributed by atoms with van der Waals surface area (Å²) in [6.45, 7) is 1.92. The highest BCUT2D eigenvalue weighted by Gasteiger charge is 2.39. The summed E-state index contributed by atoms with van der Waals surface area (Å²) in [4.78, 5) is 15.3. The molecule has 2 aromatic rings. The van der Waals surface area contributed by atoms with E-state index in [4.69, 9.17) is 0 Å². The van der Waals surface area contributed by atoms with Gasteiger partial charge in [0.15, 0.2) is 0 Å². The summed E-state index contributed by atoms with van der Waals surface area (Å²) >= 11 is 0. The lowest BCUT2D eigenvalue weighted by molar-refractivity contribution is -0.123. The highest BCUT2D eigenvalue weighted by atomic mass is 19.1. The zero-order chi connectivity index (χ0) is 23.8. The van der Waals surface area contributed by atoms with Crippen LogP contribution < -0.4 is 5.32 Å². The predicted molar refractivity (Wildman–Crippen MR) is 133 cm³/mol. The highest BCUT2D eigenvalue weighted by molar-refractivity contribution is 6.00. The number of rotatable bonds is 9. The van der Waals surface area contributed by atoms with Crippen LogP contribution in [0.1, 0.15) is 62.5 Å². The molecule has 4 rings (SSSR count). The number of carbonyl (C=O) groups excluding carboxylic acids is 1. The first-order chi connectivity index (χ1) is 16.6. The Hall–Kier alpha value is -2.73. The molecule has 1 aliphatic heterocycles. The lowest BCUT2D eigenvalue weighted by Crippen LogP contribution is -2.57. The highest BCUT2D eigenvalue weighted by Crippen LogP contribution is 2.36. The number of likely N-dealkylation sites (tertiary alicyclic amines) is 1. The van der Waals surface area contributed by atoms with E-state index in [0.717, 1.165) is 37.9 Å². The third-order valence-electron chi connectivity index (χ3n) is 7.48. The van der Waals surface area contributed by atoms with Crippen LogP contribution in [0.4, 0.5) is 4.39 Å². The first kappa shape index (κ1) is 24.4. The molecule has 34 heavy (non-hydrogen) atoms. The maximum Gasteiger partial charge on any atom is 0.220 e. The molecule has 0 bridgehead atoms. The Morgan fingerprint density at radius 1 is 1.03 bits per heavy atom. The van der Waals surface area contributed by atoms with Crippen LogP contribution in [0.3, 0.4) is 0 Å². The van der Waals surface area contributed by atoms with E-state index in [0.29, 0.717) is 30.5 Å². The molecule has 6 heteroatoms. The predicted octanol–water partition coefficient (Wildman–Crippen LogP) is 5.17. The minimum atomic E-state index is -0.292. The molecule has 1 saturated heterocycles. The van der Waals surface area contributed by atoms with E-state index < -0.39 is 0 Å². The standard InChI is InChI=1S/C28H36FN3O2/c29-23-15-13-22(14-16-23)25(31-34)10-6-19-32-20-18-26(24-9-4-5-11-27(24)32)30-28(33)17-12-21-7-2-1-3-8-21/h1-3,7-8,13-16,24,26-27,34H,4-6,9-12,17-20H2,(H,30,33)/t24-,26-,27?/m0/s1. The van der Waals surface area contributed by atoms with E-state index in [1.807, 2.05) is 18.2 Å². The van der Waals surface area contributed by atoms with E-state index in [2.05, 4.69) is 27.5 Å². The Morgan fingerprint density at radius 3 is 2.56 bits per heavy atom. The van der Waals surface area contributed by atoms with Crippen LogP contribution in [0.5, 0.6) is 0 Å². The third-order valence-corrected chi connectivity index (χ3v) is 7.48. The van der Waals surface area contributed by atoms with Crippen molar-refractivity contribution in [1.82, 2.24) is 10.2 Å². The minimum absolute atomic E-state index is 0.162. The summed E-state index contributed by atoms with van der Waals surface area (Å²) in [5, 5.41) is 16.3. The van der Waals surface area contributed by atoms with Gasteiger partial charge in [0.25, 0.3) is 0 Å². The summed E-state index contributed by atoms with van der Waals surface area (Å²) in [5.74, 6) is 0.375. The summed E-state index contributed by atoms with van der Waals surface area (Å²) < 4.78 is 13.2. The van der Waals surface area contributed by atoms with E-state index in [9.17, 15) is 14.4 Å². The molecule has 0 aromatic heterocycles. The monoisotopic (exact) mass is 465 g/mol. The second-order valence-electron chi connectivity index (χ2n) is 9.66. The Morgan fingerprint density at radius 2 is 1.79 bits per heavy atom. The van der Waals surface area contributed by atoms with Crippen molar-refractivity contribution in [2.45, 2.75) is 69.9 Å². The van der Waals surface area contributed by atoms with Crippen LogP contribution in [0.25, 0.3) is 0 Å². The maximum atomic E-state index is 13.2. The van der Waals surface area contributed by atoms with Crippen molar-refractivity contribution >= 4 is 11.6 Å². The van der Waals surface area contributed by atoms with Gasteiger partial charge in [-0.2, -0.15) is 0 Å². The number of carbonyl (C=O) groups is 1. The Labute approximate surface area is 202 Å². The fourth-order valence-corrected chi connectivity index (χ4v) is 5.73. The third kappa shape index (κ3) is 6.44. The molecule has 2 N–H and O–H groups in total. The van der Waals surface area contributed by atoms with Crippen LogP contribution in [-0.4, -0.2) is 46.9 Å². The van der Waals surface area contributed by atoms with Crippen molar-refractivity contribution in [2.24, 2.45) is 11.1 Å². The maximum absolute atomic E-state index is 13.2. The van der Waals surface area contributed by atoms with Gasteiger partial charge >= 0.3 is 0 Å². The topological polar surface area (TPSA) is 64.9 Å². The van der Waals surface area contributed by atoms with Crippen LogP contribution >= 0.6 is 0 Å². The molecule has 1 unspecified atom stereocenters. The molecule has 182 valence electrons. The smallest absolute Gasteiger partial charge is 0.220 e. The lowest BCUT2D eigenvalue weighted by atomic mass is 9.75. The molecule has 0 spiro atoms. The van der Waals surface area contributed by atoms with Crippen molar-refractivity contribution < 1.29 is 14.4 Å². The van der Waals surface area contributed by atoms with Gasteiger partial charge in [0.1, 0.15) is 5.82 Å². The molecule has 5 nitrogen and oxygen atoms in total. The van der Waals surface area contributed by atoms with Gasteiger partial charge in [-0.15, -0.1) is 0 Å². The second kappa shape index (κ2) is 12.1. The number of amides is 1. The molecule has 1 heterocycles. The zero-order valence-corrected chi connectivity index (χ0v) is 19.8. The van der Waals surface area contributed by atoms with Gasteiger partial charge in [-0.25, -0.2) is 4.39 Å². The summed E-state index contributed by atoms with van der Waals surface area (Å²) in [6.07, 6.45) is 8.66. The van der Waals surface area contributed by atoms with Gasteiger partial charge in [0.05, 0.1) is 5.71 Å². The lowest BCUT2D eigenvalue weighted by Gasteiger charge is -2.48. The average molecular weight is 466 g/mol. The van der Waals surface area contributed by atoms with Gasteiger partial charge in [0, 0.05) is 25.0 Å². The molecule has 2 fully saturated rings. The van der Waals surface area contributed by atoms with Crippen LogP contribution in [-0.2, 0) is 11.2 Å². The number of piperidine rings is 1. The second-order valence-corrected chi connectivity index (χ2v) is 9.66. The molecule has 1 saturated carbocycles. The fraction of sp³-hybridized carbons (Fsp3) is 0.500. The van der Waals surface area contributed by atoms with Crippen LogP contribution in [0, 0.1) is 11.7 Å². The Balaban J connectivity index is 1.28. The van der Waals surface area contributed by atoms with E-state index >= 15 is 0 Å². The fourth-order valence-electron chi connectivity index (χ4n) is 5.73. The number of halogens is 1. The quantitative estimate of drug-likeness (QED) is 0.305. The SMILES string of the molecule is O=C(CCc1ccccc1)N[C@H]1CCN(CCCC(=NO)c2ccc(F)cc2)C2CCCC[C@H]21. The Kier molecular flexibility index (Phi) is 8.69. The summed E-state index contributed by atoms with van der Waals surface area (Å²) in [6, 6.07) is 17.1. The van der Waals surface area contributed by atoms with E-state index in [1.165, 1.54) is 43.4 Å². The number of nitrogens with one attached hydrogen (secondary N) is 1. The van der Waals surface area contributed by atoms with Gasteiger partial charge in [0.2, 0.25) is 5.91 Å². The van der Waals surface area contributed by atoms with E-state index in [1.54, 1.807) is 12.1 Å². The number of hydrogen-bond donors (Lipinski definition) is 2. The van der Waals surface area contributed by atoms with Gasteiger partial charge in [-0.05, 0) is 74.2 Å². The number of nitrogens with zero attached hydrogens (tertiary/aromatic N) is 2. The Bertz CT molecular complexity index is 948. The number of aryl methyl sites for hydroxylation is 1. The molecule has 3 atom stereocenters.